The lowest BCUT2D eigenvalue weighted by molar-refractivity contribution is -0.129. The Balaban J connectivity index is 1.64. The van der Waals surface area contributed by atoms with E-state index >= 15 is 0 Å². The van der Waals surface area contributed by atoms with Gasteiger partial charge in [-0.1, -0.05) is 25.0 Å². The highest BCUT2D eigenvalue weighted by molar-refractivity contribution is 5.98. The van der Waals surface area contributed by atoms with Gasteiger partial charge in [-0.05, 0) is 31.9 Å². The molecule has 0 radical (unpaired) electrons. The molecule has 2 aliphatic rings. The molecule has 2 amide bonds. The highest BCUT2D eigenvalue weighted by Crippen LogP contribution is 2.31. The molecule has 1 aliphatic carbocycles. The second-order valence-corrected chi connectivity index (χ2v) is 6.30. The van der Waals surface area contributed by atoms with Crippen molar-refractivity contribution in [2.24, 2.45) is 5.92 Å². The zero-order valence-corrected chi connectivity index (χ0v) is 13.6. The van der Waals surface area contributed by atoms with Crippen molar-refractivity contribution in [2.45, 2.75) is 45.1 Å². The molecule has 23 heavy (non-hydrogen) atoms. The lowest BCUT2D eigenvalue weighted by atomic mass is 10.1. The highest BCUT2D eigenvalue weighted by Gasteiger charge is 2.38. The van der Waals surface area contributed by atoms with E-state index in [1.54, 1.807) is 0 Å². The molecule has 1 N–H and O–H groups in total. The average Bonchev–Trinajstić information content (AvgIpc) is 3.18. The number of para-hydroxylation sites is 2. The van der Waals surface area contributed by atoms with Gasteiger partial charge in [0.1, 0.15) is 5.75 Å². The normalized spacial score (nSPS) is 21.7. The van der Waals surface area contributed by atoms with Crippen LogP contribution in [0.5, 0.6) is 5.75 Å². The zero-order chi connectivity index (χ0) is 16.2. The van der Waals surface area contributed by atoms with Crippen LogP contribution < -0.4 is 10.1 Å². The zero-order valence-electron chi connectivity index (χ0n) is 13.6. The number of nitrogens with zero attached hydrogens (tertiary/aromatic N) is 1. The molecule has 124 valence electrons. The third kappa shape index (κ3) is 3.49. The first-order chi connectivity index (χ1) is 11.2. The van der Waals surface area contributed by atoms with Crippen molar-refractivity contribution in [3.63, 3.8) is 0 Å². The van der Waals surface area contributed by atoms with Crippen LogP contribution in [-0.4, -0.2) is 35.9 Å². The van der Waals surface area contributed by atoms with Gasteiger partial charge in [0, 0.05) is 19.0 Å². The van der Waals surface area contributed by atoms with Crippen LogP contribution in [0.2, 0.25) is 0 Å². The SMILES string of the molecule is CCOc1ccccc1NC(=O)[C@@H]1CC(=O)N(C2CCCC2)C1. The van der Waals surface area contributed by atoms with Crippen LogP contribution in [0.15, 0.2) is 24.3 Å². The lowest BCUT2D eigenvalue weighted by Gasteiger charge is -2.24. The molecule has 1 aromatic carbocycles. The first-order valence-electron chi connectivity index (χ1n) is 8.51. The summed E-state index contributed by atoms with van der Waals surface area (Å²) < 4.78 is 5.53. The Morgan fingerprint density at radius 2 is 2.04 bits per heavy atom. The summed E-state index contributed by atoms with van der Waals surface area (Å²) in [5.41, 5.74) is 0.672. The number of anilines is 1. The number of ether oxygens (including phenoxy) is 1. The summed E-state index contributed by atoms with van der Waals surface area (Å²) in [6.07, 6.45) is 4.85. The smallest absolute Gasteiger partial charge is 0.229 e. The minimum absolute atomic E-state index is 0.0917. The Kier molecular flexibility index (Phi) is 4.84. The van der Waals surface area contributed by atoms with E-state index in [1.165, 1.54) is 12.8 Å². The predicted octanol–water partition coefficient (Wildman–Crippen LogP) is 2.81. The maximum Gasteiger partial charge on any atom is 0.229 e. The monoisotopic (exact) mass is 316 g/mol. The maximum atomic E-state index is 12.5. The van der Waals surface area contributed by atoms with Gasteiger partial charge in [0.05, 0.1) is 18.2 Å². The molecule has 3 rings (SSSR count). The Morgan fingerprint density at radius 1 is 1.30 bits per heavy atom. The second kappa shape index (κ2) is 7.02. The molecule has 0 unspecified atom stereocenters. The number of amides is 2. The molecule has 2 fully saturated rings. The van der Waals surface area contributed by atoms with E-state index in [9.17, 15) is 9.59 Å². The van der Waals surface area contributed by atoms with Crippen molar-refractivity contribution >= 4 is 17.5 Å². The minimum atomic E-state index is -0.266. The van der Waals surface area contributed by atoms with Crippen molar-refractivity contribution in [3.8, 4) is 5.75 Å². The molecule has 1 aromatic rings. The van der Waals surface area contributed by atoms with Gasteiger partial charge in [-0.25, -0.2) is 0 Å². The molecule has 0 spiro atoms. The van der Waals surface area contributed by atoms with Gasteiger partial charge in [-0.3, -0.25) is 9.59 Å². The fourth-order valence-corrected chi connectivity index (χ4v) is 3.56. The van der Waals surface area contributed by atoms with E-state index < -0.39 is 0 Å². The number of nitrogens with one attached hydrogen (secondary N) is 1. The summed E-state index contributed by atoms with van der Waals surface area (Å²) in [5, 5.41) is 2.93. The number of hydrogen-bond acceptors (Lipinski definition) is 3. The molecule has 1 saturated carbocycles. The molecule has 1 saturated heterocycles. The molecule has 5 nitrogen and oxygen atoms in total. The predicted molar refractivity (Wildman–Crippen MR) is 88.3 cm³/mol. The van der Waals surface area contributed by atoms with Crippen molar-refractivity contribution in [2.75, 3.05) is 18.5 Å². The van der Waals surface area contributed by atoms with Gasteiger partial charge < -0.3 is 15.0 Å². The standard InChI is InChI=1S/C18H24N2O3/c1-2-23-16-10-6-5-9-15(16)19-18(22)13-11-17(21)20(12-13)14-7-3-4-8-14/h5-6,9-10,13-14H,2-4,7-8,11-12H2,1H3,(H,19,22)/t13-/m1/s1. The van der Waals surface area contributed by atoms with E-state index in [0.29, 0.717) is 37.1 Å². The average molecular weight is 316 g/mol. The number of likely N-dealkylation sites (tertiary alicyclic amines) is 1. The van der Waals surface area contributed by atoms with Crippen LogP contribution in [0.1, 0.15) is 39.0 Å². The summed E-state index contributed by atoms with van der Waals surface area (Å²) in [7, 11) is 0. The van der Waals surface area contributed by atoms with Gasteiger partial charge in [0.15, 0.2) is 0 Å². The Morgan fingerprint density at radius 3 is 2.78 bits per heavy atom. The van der Waals surface area contributed by atoms with Crippen LogP contribution in [0.25, 0.3) is 0 Å². The summed E-state index contributed by atoms with van der Waals surface area (Å²) in [5.74, 6) is 0.430. The number of carbonyl (C=O) groups excluding carboxylic acids is 2. The summed E-state index contributed by atoms with van der Waals surface area (Å²) in [4.78, 5) is 26.7. The van der Waals surface area contributed by atoms with Crippen LogP contribution in [0.4, 0.5) is 5.69 Å². The van der Waals surface area contributed by atoms with Gasteiger partial charge in [-0.15, -0.1) is 0 Å². The number of carbonyl (C=O) groups is 2. The fourth-order valence-electron chi connectivity index (χ4n) is 3.56. The molecule has 5 heteroatoms. The van der Waals surface area contributed by atoms with Crippen LogP contribution in [0.3, 0.4) is 0 Å². The number of rotatable bonds is 5. The van der Waals surface area contributed by atoms with E-state index in [0.717, 1.165) is 12.8 Å². The largest absolute Gasteiger partial charge is 0.492 e. The maximum absolute atomic E-state index is 12.5. The molecular formula is C18H24N2O3. The van der Waals surface area contributed by atoms with Gasteiger partial charge in [0.25, 0.3) is 0 Å². The van der Waals surface area contributed by atoms with Crippen molar-refractivity contribution in [1.29, 1.82) is 0 Å². The lowest BCUT2D eigenvalue weighted by Crippen LogP contribution is -2.35. The van der Waals surface area contributed by atoms with E-state index in [2.05, 4.69) is 5.32 Å². The van der Waals surface area contributed by atoms with E-state index in [4.69, 9.17) is 4.74 Å². The van der Waals surface area contributed by atoms with Crippen LogP contribution >= 0.6 is 0 Å². The number of hydrogen-bond donors (Lipinski definition) is 1. The Hall–Kier alpha value is -2.04. The topological polar surface area (TPSA) is 58.6 Å². The third-order valence-electron chi connectivity index (χ3n) is 4.74. The summed E-state index contributed by atoms with van der Waals surface area (Å²) >= 11 is 0. The van der Waals surface area contributed by atoms with Crippen molar-refractivity contribution in [3.05, 3.63) is 24.3 Å². The first-order valence-corrected chi connectivity index (χ1v) is 8.51. The van der Waals surface area contributed by atoms with Crippen LogP contribution in [-0.2, 0) is 9.59 Å². The van der Waals surface area contributed by atoms with Crippen LogP contribution in [0, 0.1) is 5.92 Å². The molecular weight excluding hydrogens is 292 g/mol. The summed E-state index contributed by atoms with van der Waals surface area (Å²) in [6, 6.07) is 7.75. The Labute approximate surface area is 137 Å². The Bertz CT molecular complexity index is 581. The first kappa shape index (κ1) is 15.8. The van der Waals surface area contributed by atoms with E-state index in [1.807, 2.05) is 36.1 Å². The molecule has 1 heterocycles. The van der Waals surface area contributed by atoms with Crippen molar-refractivity contribution in [1.82, 2.24) is 4.90 Å². The highest BCUT2D eigenvalue weighted by atomic mass is 16.5. The second-order valence-electron chi connectivity index (χ2n) is 6.30. The summed E-state index contributed by atoms with van der Waals surface area (Å²) in [6.45, 7) is 3.00. The quantitative estimate of drug-likeness (QED) is 0.909. The van der Waals surface area contributed by atoms with E-state index in [-0.39, 0.29) is 17.7 Å². The minimum Gasteiger partial charge on any atom is -0.492 e. The van der Waals surface area contributed by atoms with Crippen molar-refractivity contribution < 1.29 is 14.3 Å². The third-order valence-corrected chi connectivity index (χ3v) is 4.74. The molecule has 0 aromatic heterocycles. The van der Waals surface area contributed by atoms with Gasteiger partial charge >= 0.3 is 0 Å². The molecule has 1 atom stereocenters. The number of benzene rings is 1. The molecule has 0 bridgehead atoms. The molecule has 1 aliphatic heterocycles. The van der Waals surface area contributed by atoms with Gasteiger partial charge in [-0.2, -0.15) is 0 Å². The van der Waals surface area contributed by atoms with Gasteiger partial charge in [0.2, 0.25) is 11.8 Å². The fraction of sp³-hybridized carbons (Fsp3) is 0.556.